The Bertz CT molecular complexity index is 656. The first kappa shape index (κ1) is 12.5. The number of fused-ring (bicyclic) bond motifs is 1. The first-order chi connectivity index (χ1) is 9.76. The van der Waals surface area contributed by atoms with E-state index < -0.39 is 0 Å². The van der Waals surface area contributed by atoms with Crippen LogP contribution >= 0.6 is 11.3 Å². The summed E-state index contributed by atoms with van der Waals surface area (Å²) in [7, 11) is 1.58. The highest BCUT2D eigenvalue weighted by Gasteiger charge is 2.19. The molecule has 2 aromatic rings. The lowest BCUT2D eigenvalue weighted by molar-refractivity contribution is 0.171. The van der Waals surface area contributed by atoms with E-state index in [9.17, 15) is 0 Å². The lowest BCUT2D eigenvalue weighted by atomic mass is 10.2. The van der Waals surface area contributed by atoms with E-state index in [1.165, 1.54) is 11.3 Å². The van der Waals surface area contributed by atoms with Crippen LogP contribution < -0.4 is 25.4 Å². The van der Waals surface area contributed by atoms with Crippen LogP contribution in [0.1, 0.15) is 5.56 Å². The Morgan fingerprint density at radius 1 is 1.50 bits per heavy atom. The number of aromatic nitrogens is 1. The molecular weight excluding hydrogens is 280 g/mol. The predicted octanol–water partition coefficient (Wildman–Crippen LogP) is 1.91. The van der Waals surface area contributed by atoms with E-state index in [0.29, 0.717) is 28.2 Å². The maximum absolute atomic E-state index is 5.52. The van der Waals surface area contributed by atoms with Crippen LogP contribution in [0.3, 0.4) is 0 Å². The highest BCUT2D eigenvalue weighted by atomic mass is 32.1. The number of benzene rings is 1. The minimum absolute atomic E-state index is 0.197. The van der Waals surface area contributed by atoms with Gasteiger partial charge in [0, 0.05) is 10.9 Å². The summed E-state index contributed by atoms with van der Waals surface area (Å²) in [4.78, 5) is 4.04. The lowest BCUT2D eigenvalue weighted by Gasteiger charge is -2.05. The molecule has 0 saturated heterocycles. The number of hydrogen-bond acceptors (Lipinski definition) is 8. The molecule has 0 fully saturated rings. The van der Waals surface area contributed by atoms with E-state index in [2.05, 4.69) is 15.5 Å². The summed E-state index contributed by atoms with van der Waals surface area (Å²) in [5, 5.41) is 6.46. The molecule has 0 atom stereocenters. The molecule has 3 N–H and O–H groups in total. The average Bonchev–Trinajstić information content (AvgIpc) is 3.06. The van der Waals surface area contributed by atoms with Crippen LogP contribution in [0.2, 0.25) is 0 Å². The third-order valence-electron chi connectivity index (χ3n) is 2.58. The van der Waals surface area contributed by atoms with Crippen LogP contribution in [0.5, 0.6) is 17.2 Å². The molecule has 0 unspecified atom stereocenters. The van der Waals surface area contributed by atoms with E-state index in [1.54, 1.807) is 18.7 Å². The molecule has 0 amide bonds. The van der Waals surface area contributed by atoms with E-state index in [-0.39, 0.29) is 6.79 Å². The van der Waals surface area contributed by atoms with Gasteiger partial charge in [-0.25, -0.2) is 4.98 Å². The zero-order valence-electron chi connectivity index (χ0n) is 10.6. The summed E-state index contributed by atoms with van der Waals surface area (Å²) < 4.78 is 15.9. The Kier molecular flexibility index (Phi) is 3.30. The van der Waals surface area contributed by atoms with Crippen molar-refractivity contribution in [1.29, 1.82) is 0 Å². The van der Waals surface area contributed by atoms with Crippen molar-refractivity contribution in [3.8, 4) is 17.2 Å². The molecule has 8 heteroatoms. The SMILES string of the molecule is COc1cc(C=NNc2nc(N)cs2)cc2c1OCO2. The molecular formula is C12H12N4O3S. The van der Waals surface area contributed by atoms with Crippen LogP contribution in [0.15, 0.2) is 22.6 Å². The number of nitrogens with two attached hydrogens (primary N) is 1. The van der Waals surface area contributed by atoms with Crippen molar-refractivity contribution in [2.45, 2.75) is 0 Å². The Labute approximate surface area is 119 Å². The number of methoxy groups -OCH3 is 1. The summed E-state index contributed by atoms with van der Waals surface area (Å²) in [6, 6.07) is 3.64. The maximum atomic E-state index is 5.52. The number of hydrazone groups is 1. The van der Waals surface area contributed by atoms with E-state index in [4.69, 9.17) is 19.9 Å². The number of hydrogen-bond donors (Lipinski definition) is 2. The van der Waals surface area contributed by atoms with Gasteiger partial charge in [0.2, 0.25) is 17.7 Å². The van der Waals surface area contributed by atoms with Crippen LogP contribution in [0.4, 0.5) is 10.9 Å². The fourth-order valence-corrected chi connectivity index (χ4v) is 2.27. The second kappa shape index (κ2) is 5.25. The Hall–Kier alpha value is -2.48. The number of nitrogens with one attached hydrogen (secondary N) is 1. The van der Waals surface area contributed by atoms with Gasteiger partial charge in [-0.05, 0) is 12.1 Å². The molecule has 0 aliphatic carbocycles. The largest absolute Gasteiger partial charge is 0.493 e. The number of ether oxygens (including phenoxy) is 3. The predicted molar refractivity (Wildman–Crippen MR) is 76.9 cm³/mol. The van der Waals surface area contributed by atoms with Crippen molar-refractivity contribution in [3.05, 3.63) is 23.1 Å². The van der Waals surface area contributed by atoms with Gasteiger partial charge in [0.05, 0.1) is 13.3 Å². The third-order valence-corrected chi connectivity index (χ3v) is 3.34. The van der Waals surface area contributed by atoms with Gasteiger partial charge in [0.25, 0.3) is 0 Å². The summed E-state index contributed by atoms with van der Waals surface area (Å²) in [6.07, 6.45) is 1.64. The van der Waals surface area contributed by atoms with E-state index in [1.807, 2.05) is 12.1 Å². The molecule has 1 aromatic heterocycles. The zero-order valence-corrected chi connectivity index (χ0v) is 11.4. The van der Waals surface area contributed by atoms with Crippen molar-refractivity contribution in [2.24, 2.45) is 5.10 Å². The molecule has 20 heavy (non-hydrogen) atoms. The smallest absolute Gasteiger partial charge is 0.231 e. The van der Waals surface area contributed by atoms with Crippen molar-refractivity contribution >= 4 is 28.5 Å². The molecule has 0 spiro atoms. The normalized spacial score (nSPS) is 12.8. The Morgan fingerprint density at radius 2 is 2.40 bits per heavy atom. The number of nitrogen functional groups attached to an aromatic ring is 1. The van der Waals surface area contributed by atoms with Crippen molar-refractivity contribution in [2.75, 3.05) is 25.1 Å². The Balaban J connectivity index is 1.77. The molecule has 3 rings (SSSR count). The minimum atomic E-state index is 0.197. The molecule has 0 radical (unpaired) electrons. The molecule has 0 saturated carbocycles. The number of thiazole rings is 1. The Morgan fingerprint density at radius 3 is 3.15 bits per heavy atom. The van der Waals surface area contributed by atoms with Crippen LogP contribution in [0.25, 0.3) is 0 Å². The van der Waals surface area contributed by atoms with E-state index in [0.717, 1.165) is 5.56 Å². The van der Waals surface area contributed by atoms with Gasteiger partial charge >= 0.3 is 0 Å². The van der Waals surface area contributed by atoms with Gasteiger partial charge in [-0.1, -0.05) is 0 Å². The summed E-state index contributed by atoms with van der Waals surface area (Å²) in [5.74, 6) is 2.34. The summed E-state index contributed by atoms with van der Waals surface area (Å²) in [6.45, 7) is 0.197. The van der Waals surface area contributed by atoms with Crippen molar-refractivity contribution < 1.29 is 14.2 Å². The molecule has 7 nitrogen and oxygen atoms in total. The zero-order chi connectivity index (χ0) is 13.9. The number of rotatable bonds is 4. The van der Waals surface area contributed by atoms with Crippen LogP contribution in [-0.2, 0) is 0 Å². The second-order valence-corrected chi connectivity index (χ2v) is 4.76. The highest BCUT2D eigenvalue weighted by molar-refractivity contribution is 7.14. The van der Waals surface area contributed by atoms with Crippen molar-refractivity contribution in [1.82, 2.24) is 4.98 Å². The average molecular weight is 292 g/mol. The third kappa shape index (κ3) is 2.45. The van der Waals surface area contributed by atoms with Gasteiger partial charge in [-0.3, -0.25) is 5.43 Å². The van der Waals surface area contributed by atoms with E-state index >= 15 is 0 Å². The number of nitrogens with zero attached hydrogens (tertiary/aromatic N) is 2. The minimum Gasteiger partial charge on any atom is -0.493 e. The van der Waals surface area contributed by atoms with Gasteiger partial charge < -0.3 is 19.9 Å². The summed E-state index contributed by atoms with van der Waals surface area (Å²) >= 11 is 1.38. The molecule has 104 valence electrons. The van der Waals surface area contributed by atoms with Crippen LogP contribution in [-0.4, -0.2) is 25.1 Å². The summed E-state index contributed by atoms with van der Waals surface area (Å²) in [5.41, 5.74) is 9.15. The molecule has 0 bridgehead atoms. The maximum Gasteiger partial charge on any atom is 0.231 e. The standard InChI is InChI=1S/C12H12N4O3S/c1-17-8-2-7(3-9-11(8)19-6-18-9)4-14-16-12-15-10(13)5-20-12/h2-5H,6,13H2,1H3,(H,15,16). The fourth-order valence-electron chi connectivity index (χ4n) is 1.72. The molecule has 1 aliphatic rings. The first-order valence-corrected chi connectivity index (χ1v) is 6.62. The highest BCUT2D eigenvalue weighted by Crippen LogP contribution is 2.41. The van der Waals surface area contributed by atoms with Gasteiger partial charge in [-0.15, -0.1) is 11.3 Å². The topological polar surface area (TPSA) is 91.0 Å². The van der Waals surface area contributed by atoms with Crippen molar-refractivity contribution in [3.63, 3.8) is 0 Å². The molecule has 1 aliphatic heterocycles. The number of anilines is 2. The quantitative estimate of drug-likeness (QED) is 0.660. The van der Waals surface area contributed by atoms with Gasteiger partial charge in [0.15, 0.2) is 11.5 Å². The molecule has 1 aromatic carbocycles. The monoisotopic (exact) mass is 292 g/mol. The van der Waals surface area contributed by atoms with Gasteiger partial charge in [-0.2, -0.15) is 5.10 Å². The lowest BCUT2D eigenvalue weighted by Crippen LogP contribution is -1.93. The first-order valence-electron chi connectivity index (χ1n) is 5.74. The fraction of sp³-hybridized carbons (Fsp3) is 0.167. The second-order valence-electron chi connectivity index (χ2n) is 3.90. The molecule has 2 heterocycles. The van der Waals surface area contributed by atoms with Gasteiger partial charge in [0.1, 0.15) is 5.82 Å². The van der Waals surface area contributed by atoms with Crippen LogP contribution in [0, 0.1) is 0 Å².